The second-order valence-electron chi connectivity index (χ2n) is 3.28. The standard InChI is InChI=1S/C10H8Cl2FN3/c1-6(11)8-5-16(15-14-8)9-4-2-3-7(12)10(9)13/h2-6H,1H3. The van der Waals surface area contributed by atoms with Gasteiger partial charge in [-0.15, -0.1) is 16.7 Å². The van der Waals surface area contributed by atoms with E-state index in [0.717, 1.165) is 0 Å². The van der Waals surface area contributed by atoms with Gasteiger partial charge in [0.05, 0.1) is 16.6 Å². The molecule has 0 bridgehead atoms. The van der Waals surface area contributed by atoms with Gasteiger partial charge >= 0.3 is 0 Å². The average molecular weight is 260 g/mol. The van der Waals surface area contributed by atoms with Crippen molar-refractivity contribution < 1.29 is 4.39 Å². The van der Waals surface area contributed by atoms with Gasteiger partial charge in [-0.1, -0.05) is 22.9 Å². The summed E-state index contributed by atoms with van der Waals surface area (Å²) in [5.41, 5.74) is 0.838. The Hall–Kier alpha value is -1.13. The van der Waals surface area contributed by atoms with Gasteiger partial charge in [0.15, 0.2) is 5.82 Å². The van der Waals surface area contributed by atoms with Crippen LogP contribution in [0.15, 0.2) is 24.4 Å². The predicted molar refractivity (Wildman–Crippen MR) is 60.6 cm³/mol. The van der Waals surface area contributed by atoms with Crippen molar-refractivity contribution in [3.8, 4) is 5.69 Å². The molecule has 1 atom stereocenters. The van der Waals surface area contributed by atoms with Crippen molar-refractivity contribution >= 4 is 23.2 Å². The van der Waals surface area contributed by atoms with Crippen molar-refractivity contribution in [3.63, 3.8) is 0 Å². The molecule has 16 heavy (non-hydrogen) atoms. The smallest absolute Gasteiger partial charge is 0.167 e. The summed E-state index contributed by atoms with van der Waals surface area (Å²) in [5.74, 6) is -0.525. The maximum absolute atomic E-state index is 13.6. The van der Waals surface area contributed by atoms with Crippen LogP contribution in [0.5, 0.6) is 0 Å². The first-order valence-corrected chi connectivity index (χ1v) is 5.41. The number of hydrogen-bond donors (Lipinski definition) is 0. The van der Waals surface area contributed by atoms with Gasteiger partial charge in [0.25, 0.3) is 0 Å². The molecular formula is C10H8Cl2FN3. The molecule has 0 radical (unpaired) electrons. The SMILES string of the molecule is CC(Cl)c1cn(-c2cccc(Cl)c2F)nn1. The lowest BCUT2D eigenvalue weighted by molar-refractivity contribution is 0.607. The molecule has 3 nitrogen and oxygen atoms in total. The molecule has 0 saturated carbocycles. The molecular weight excluding hydrogens is 252 g/mol. The Kier molecular flexibility index (Phi) is 3.12. The van der Waals surface area contributed by atoms with Crippen LogP contribution >= 0.6 is 23.2 Å². The fourth-order valence-electron chi connectivity index (χ4n) is 1.25. The number of rotatable bonds is 2. The van der Waals surface area contributed by atoms with Crippen LogP contribution < -0.4 is 0 Å². The number of benzene rings is 1. The van der Waals surface area contributed by atoms with Gasteiger partial charge in [-0.05, 0) is 19.1 Å². The van der Waals surface area contributed by atoms with E-state index in [1.165, 1.54) is 10.7 Å². The summed E-state index contributed by atoms with van der Waals surface area (Å²) in [4.78, 5) is 0. The summed E-state index contributed by atoms with van der Waals surface area (Å²) in [6, 6.07) is 4.69. The van der Waals surface area contributed by atoms with Crippen molar-refractivity contribution in [2.24, 2.45) is 0 Å². The molecule has 1 heterocycles. The van der Waals surface area contributed by atoms with Crippen LogP contribution in [0, 0.1) is 5.82 Å². The van der Waals surface area contributed by atoms with Crippen LogP contribution in [-0.4, -0.2) is 15.0 Å². The normalized spacial score (nSPS) is 12.8. The highest BCUT2D eigenvalue weighted by Gasteiger charge is 2.12. The molecule has 2 aromatic rings. The summed E-state index contributed by atoms with van der Waals surface area (Å²) >= 11 is 11.5. The first kappa shape index (κ1) is 11.4. The van der Waals surface area contributed by atoms with E-state index in [1.54, 1.807) is 25.3 Å². The Balaban J connectivity index is 2.47. The van der Waals surface area contributed by atoms with Gasteiger partial charge in [-0.25, -0.2) is 9.07 Å². The summed E-state index contributed by atoms with van der Waals surface area (Å²) in [6.07, 6.45) is 1.58. The molecule has 1 aromatic heterocycles. The van der Waals surface area contributed by atoms with E-state index in [-0.39, 0.29) is 16.1 Å². The average Bonchev–Trinajstić information content (AvgIpc) is 2.71. The molecule has 1 unspecified atom stereocenters. The maximum atomic E-state index is 13.6. The highest BCUT2D eigenvalue weighted by Crippen LogP contribution is 2.22. The van der Waals surface area contributed by atoms with Gasteiger partial charge in [-0.2, -0.15) is 0 Å². The topological polar surface area (TPSA) is 30.7 Å². The number of alkyl halides is 1. The van der Waals surface area contributed by atoms with Gasteiger partial charge in [-0.3, -0.25) is 0 Å². The molecule has 0 aliphatic carbocycles. The zero-order chi connectivity index (χ0) is 11.7. The van der Waals surface area contributed by atoms with E-state index in [0.29, 0.717) is 5.69 Å². The van der Waals surface area contributed by atoms with Gasteiger partial charge in [0, 0.05) is 0 Å². The van der Waals surface area contributed by atoms with Crippen LogP contribution in [0.25, 0.3) is 5.69 Å². The minimum atomic E-state index is -0.525. The van der Waals surface area contributed by atoms with Crippen molar-refractivity contribution in [1.82, 2.24) is 15.0 Å². The number of nitrogens with zero attached hydrogens (tertiary/aromatic N) is 3. The van der Waals surface area contributed by atoms with E-state index in [9.17, 15) is 4.39 Å². The summed E-state index contributed by atoms with van der Waals surface area (Å²) in [6.45, 7) is 1.77. The number of halogens is 3. The van der Waals surface area contributed by atoms with Crippen LogP contribution in [0.4, 0.5) is 4.39 Å². The zero-order valence-corrected chi connectivity index (χ0v) is 9.87. The second kappa shape index (κ2) is 4.39. The van der Waals surface area contributed by atoms with Crippen LogP contribution in [-0.2, 0) is 0 Å². The molecule has 84 valence electrons. The lowest BCUT2D eigenvalue weighted by Crippen LogP contribution is -1.98. The Morgan fingerprint density at radius 1 is 1.44 bits per heavy atom. The quantitative estimate of drug-likeness (QED) is 0.775. The predicted octanol–water partition coefficient (Wildman–Crippen LogP) is 3.36. The molecule has 0 amide bonds. The fourth-order valence-corrected chi connectivity index (χ4v) is 1.52. The molecule has 0 N–H and O–H groups in total. The molecule has 1 aromatic carbocycles. The number of aromatic nitrogens is 3. The third kappa shape index (κ3) is 2.03. The lowest BCUT2D eigenvalue weighted by Gasteiger charge is -2.02. The monoisotopic (exact) mass is 259 g/mol. The Labute approximate surface area is 102 Å². The van der Waals surface area contributed by atoms with Crippen molar-refractivity contribution in [2.75, 3.05) is 0 Å². The first-order chi connectivity index (χ1) is 7.59. The Bertz CT molecular complexity index is 511. The van der Waals surface area contributed by atoms with Gasteiger partial charge in [0.2, 0.25) is 0 Å². The fraction of sp³-hybridized carbons (Fsp3) is 0.200. The molecule has 0 spiro atoms. The third-order valence-corrected chi connectivity index (χ3v) is 2.61. The second-order valence-corrected chi connectivity index (χ2v) is 4.34. The Morgan fingerprint density at radius 2 is 2.19 bits per heavy atom. The number of hydrogen-bond acceptors (Lipinski definition) is 2. The molecule has 6 heteroatoms. The highest BCUT2D eigenvalue weighted by molar-refractivity contribution is 6.30. The zero-order valence-electron chi connectivity index (χ0n) is 8.36. The largest absolute Gasteiger partial charge is 0.217 e. The van der Waals surface area contributed by atoms with Gasteiger partial charge < -0.3 is 0 Å². The molecule has 0 aliphatic rings. The summed E-state index contributed by atoms with van der Waals surface area (Å²) in [5, 5.41) is 7.41. The Morgan fingerprint density at radius 3 is 2.81 bits per heavy atom. The molecule has 2 rings (SSSR count). The molecule has 0 aliphatic heterocycles. The van der Waals surface area contributed by atoms with Crippen LogP contribution in [0.3, 0.4) is 0 Å². The molecule has 0 fully saturated rings. The van der Waals surface area contributed by atoms with Crippen molar-refractivity contribution in [1.29, 1.82) is 0 Å². The molecule has 0 saturated heterocycles. The van der Waals surface area contributed by atoms with Gasteiger partial charge in [0.1, 0.15) is 11.4 Å². The maximum Gasteiger partial charge on any atom is 0.167 e. The minimum absolute atomic E-state index is 0.0495. The van der Waals surface area contributed by atoms with E-state index in [1.807, 2.05) is 0 Å². The third-order valence-electron chi connectivity index (χ3n) is 2.10. The lowest BCUT2D eigenvalue weighted by atomic mass is 10.3. The van der Waals surface area contributed by atoms with Crippen LogP contribution in [0.2, 0.25) is 5.02 Å². The minimum Gasteiger partial charge on any atom is -0.217 e. The van der Waals surface area contributed by atoms with E-state index >= 15 is 0 Å². The first-order valence-electron chi connectivity index (χ1n) is 4.60. The van der Waals surface area contributed by atoms with E-state index in [2.05, 4.69) is 10.3 Å². The van der Waals surface area contributed by atoms with Crippen molar-refractivity contribution in [2.45, 2.75) is 12.3 Å². The van der Waals surface area contributed by atoms with Crippen molar-refractivity contribution in [3.05, 3.63) is 40.9 Å². The van der Waals surface area contributed by atoms with E-state index < -0.39 is 5.82 Å². The highest BCUT2D eigenvalue weighted by atomic mass is 35.5. The summed E-state index contributed by atoms with van der Waals surface area (Å²) in [7, 11) is 0. The summed E-state index contributed by atoms with van der Waals surface area (Å²) < 4.78 is 15.0. The van der Waals surface area contributed by atoms with E-state index in [4.69, 9.17) is 23.2 Å². The van der Waals surface area contributed by atoms with Crippen LogP contribution in [0.1, 0.15) is 18.0 Å².